The molecule has 1 aliphatic carbocycles. The van der Waals surface area contributed by atoms with Gasteiger partial charge in [-0.05, 0) is 51.1 Å². The van der Waals surface area contributed by atoms with Gasteiger partial charge in [-0.1, -0.05) is 20.3 Å². The molecule has 0 saturated heterocycles. The van der Waals surface area contributed by atoms with Gasteiger partial charge in [-0.15, -0.1) is 0 Å². The van der Waals surface area contributed by atoms with Crippen LogP contribution >= 0.6 is 0 Å². The van der Waals surface area contributed by atoms with E-state index in [0.29, 0.717) is 0 Å². The fourth-order valence-electron chi connectivity index (χ4n) is 2.32. The highest BCUT2D eigenvalue weighted by Gasteiger charge is 2.19. The van der Waals surface area contributed by atoms with Crippen LogP contribution in [0.1, 0.15) is 57.3 Å². The summed E-state index contributed by atoms with van der Waals surface area (Å²) in [6, 6.07) is 3.11. The third-order valence-corrected chi connectivity index (χ3v) is 3.70. The van der Waals surface area contributed by atoms with E-state index in [2.05, 4.69) is 35.0 Å². The first-order valence-corrected chi connectivity index (χ1v) is 7.62. The fraction of sp³-hybridized carbons (Fsp3) is 0.800. The van der Waals surface area contributed by atoms with E-state index in [1.54, 1.807) is 0 Å². The standard InChI is InChI=1S/C15H27N3/c1-3-13-12-15(4-2)18(17-13)11-7-5-6-10-16-14-8-9-14/h12,14,16H,3-11H2,1-2H3. The van der Waals surface area contributed by atoms with Crippen LogP contribution in [0, 0.1) is 0 Å². The largest absolute Gasteiger partial charge is 0.314 e. The molecule has 1 aromatic heterocycles. The highest BCUT2D eigenvalue weighted by atomic mass is 15.3. The molecule has 3 nitrogen and oxygen atoms in total. The van der Waals surface area contributed by atoms with Crippen molar-refractivity contribution in [3.63, 3.8) is 0 Å². The first-order valence-electron chi connectivity index (χ1n) is 7.62. The number of unbranched alkanes of at least 4 members (excludes halogenated alkanes) is 2. The molecule has 1 N–H and O–H groups in total. The summed E-state index contributed by atoms with van der Waals surface area (Å²) in [4.78, 5) is 0. The smallest absolute Gasteiger partial charge is 0.0624 e. The van der Waals surface area contributed by atoms with Gasteiger partial charge in [0.1, 0.15) is 0 Å². The van der Waals surface area contributed by atoms with Crippen molar-refractivity contribution in [2.24, 2.45) is 0 Å². The predicted octanol–water partition coefficient (Wildman–Crippen LogP) is 2.93. The molecule has 3 heteroatoms. The lowest BCUT2D eigenvalue weighted by Gasteiger charge is -2.06. The number of rotatable bonds is 9. The van der Waals surface area contributed by atoms with E-state index < -0.39 is 0 Å². The quantitative estimate of drug-likeness (QED) is 0.682. The Balaban J connectivity index is 1.63. The fourth-order valence-corrected chi connectivity index (χ4v) is 2.32. The molecule has 0 unspecified atom stereocenters. The molecule has 1 fully saturated rings. The maximum Gasteiger partial charge on any atom is 0.0624 e. The van der Waals surface area contributed by atoms with Gasteiger partial charge in [0.15, 0.2) is 0 Å². The monoisotopic (exact) mass is 249 g/mol. The minimum Gasteiger partial charge on any atom is -0.314 e. The van der Waals surface area contributed by atoms with Crippen LogP contribution in [-0.2, 0) is 19.4 Å². The Hall–Kier alpha value is -0.830. The van der Waals surface area contributed by atoms with Crippen LogP contribution < -0.4 is 5.32 Å². The molecule has 2 rings (SSSR count). The van der Waals surface area contributed by atoms with Gasteiger partial charge in [0.05, 0.1) is 5.69 Å². The van der Waals surface area contributed by atoms with Crippen molar-refractivity contribution < 1.29 is 0 Å². The summed E-state index contributed by atoms with van der Waals surface area (Å²) in [7, 11) is 0. The van der Waals surface area contributed by atoms with Crippen LogP contribution in [-0.4, -0.2) is 22.4 Å². The van der Waals surface area contributed by atoms with Gasteiger partial charge in [0.2, 0.25) is 0 Å². The van der Waals surface area contributed by atoms with Gasteiger partial charge in [-0.3, -0.25) is 4.68 Å². The van der Waals surface area contributed by atoms with E-state index in [9.17, 15) is 0 Å². The molecule has 1 aromatic rings. The molecule has 0 atom stereocenters. The molecule has 0 bridgehead atoms. The molecular formula is C15H27N3. The van der Waals surface area contributed by atoms with E-state index in [1.165, 1.54) is 50.0 Å². The Morgan fingerprint density at radius 2 is 2.06 bits per heavy atom. The van der Waals surface area contributed by atoms with Crippen molar-refractivity contribution >= 4 is 0 Å². The first-order chi connectivity index (χ1) is 8.83. The summed E-state index contributed by atoms with van der Waals surface area (Å²) in [5, 5.41) is 8.23. The summed E-state index contributed by atoms with van der Waals surface area (Å²) in [5.74, 6) is 0. The second kappa shape index (κ2) is 6.93. The van der Waals surface area contributed by atoms with Gasteiger partial charge in [0, 0.05) is 18.3 Å². The van der Waals surface area contributed by atoms with Crippen LogP contribution in [0.2, 0.25) is 0 Å². The second-order valence-electron chi connectivity index (χ2n) is 5.35. The average Bonchev–Trinajstić information content (AvgIpc) is 3.12. The Morgan fingerprint density at radius 1 is 1.22 bits per heavy atom. The summed E-state index contributed by atoms with van der Waals surface area (Å²) in [6.45, 7) is 6.68. The van der Waals surface area contributed by atoms with E-state index in [-0.39, 0.29) is 0 Å². The molecule has 0 radical (unpaired) electrons. The zero-order valence-corrected chi connectivity index (χ0v) is 11.9. The Kier molecular flexibility index (Phi) is 5.24. The number of aryl methyl sites for hydroxylation is 3. The van der Waals surface area contributed by atoms with Crippen molar-refractivity contribution in [3.05, 3.63) is 17.5 Å². The number of nitrogens with one attached hydrogen (secondary N) is 1. The SMILES string of the molecule is CCc1cc(CC)n(CCCCCNC2CC2)n1. The maximum atomic E-state index is 4.66. The van der Waals surface area contributed by atoms with E-state index in [4.69, 9.17) is 0 Å². The third kappa shape index (κ3) is 4.13. The molecule has 1 aliphatic rings. The van der Waals surface area contributed by atoms with Crippen LogP contribution in [0.3, 0.4) is 0 Å². The van der Waals surface area contributed by atoms with Gasteiger partial charge < -0.3 is 5.32 Å². The Labute approximate surface area is 111 Å². The Bertz CT molecular complexity index is 353. The summed E-state index contributed by atoms with van der Waals surface area (Å²) in [5.41, 5.74) is 2.63. The third-order valence-electron chi connectivity index (χ3n) is 3.70. The lowest BCUT2D eigenvalue weighted by Crippen LogP contribution is -2.17. The van der Waals surface area contributed by atoms with E-state index >= 15 is 0 Å². The van der Waals surface area contributed by atoms with Gasteiger partial charge in [-0.25, -0.2) is 0 Å². The van der Waals surface area contributed by atoms with Crippen molar-refractivity contribution in [3.8, 4) is 0 Å². The molecule has 0 spiro atoms. The predicted molar refractivity (Wildman–Crippen MR) is 75.9 cm³/mol. The van der Waals surface area contributed by atoms with E-state index in [1.807, 2.05) is 0 Å². The van der Waals surface area contributed by atoms with Gasteiger partial charge >= 0.3 is 0 Å². The number of hydrogen-bond donors (Lipinski definition) is 1. The zero-order valence-electron chi connectivity index (χ0n) is 11.9. The van der Waals surface area contributed by atoms with Crippen molar-refractivity contribution in [2.45, 2.75) is 71.4 Å². The van der Waals surface area contributed by atoms with Crippen molar-refractivity contribution in [1.82, 2.24) is 15.1 Å². The molecular weight excluding hydrogens is 222 g/mol. The lowest BCUT2D eigenvalue weighted by atomic mass is 10.2. The average molecular weight is 249 g/mol. The lowest BCUT2D eigenvalue weighted by molar-refractivity contribution is 0.513. The summed E-state index contributed by atoms with van der Waals surface area (Å²) < 4.78 is 2.22. The molecule has 102 valence electrons. The van der Waals surface area contributed by atoms with Crippen LogP contribution in [0.4, 0.5) is 0 Å². The minimum atomic E-state index is 0.856. The second-order valence-corrected chi connectivity index (χ2v) is 5.35. The molecule has 0 amide bonds. The highest BCUT2D eigenvalue weighted by molar-refractivity contribution is 5.10. The van der Waals surface area contributed by atoms with Crippen LogP contribution in [0.15, 0.2) is 6.07 Å². The van der Waals surface area contributed by atoms with Crippen LogP contribution in [0.25, 0.3) is 0 Å². The van der Waals surface area contributed by atoms with Crippen LogP contribution in [0.5, 0.6) is 0 Å². The normalized spacial score (nSPS) is 15.2. The number of nitrogens with zero attached hydrogens (tertiary/aromatic N) is 2. The highest BCUT2D eigenvalue weighted by Crippen LogP contribution is 2.18. The molecule has 0 aliphatic heterocycles. The van der Waals surface area contributed by atoms with Gasteiger partial charge in [-0.2, -0.15) is 5.10 Å². The Morgan fingerprint density at radius 3 is 2.72 bits per heavy atom. The van der Waals surface area contributed by atoms with Crippen molar-refractivity contribution in [1.29, 1.82) is 0 Å². The minimum absolute atomic E-state index is 0.856. The van der Waals surface area contributed by atoms with Gasteiger partial charge in [0.25, 0.3) is 0 Å². The molecule has 1 saturated carbocycles. The molecule has 0 aromatic carbocycles. The number of aromatic nitrogens is 2. The van der Waals surface area contributed by atoms with Crippen molar-refractivity contribution in [2.75, 3.05) is 6.54 Å². The topological polar surface area (TPSA) is 29.9 Å². The maximum absolute atomic E-state index is 4.66. The first kappa shape index (κ1) is 13.6. The number of hydrogen-bond acceptors (Lipinski definition) is 2. The zero-order chi connectivity index (χ0) is 12.8. The summed E-state index contributed by atoms with van der Waals surface area (Å²) in [6.07, 6.45) is 8.80. The van der Waals surface area contributed by atoms with E-state index in [0.717, 1.165) is 25.4 Å². The molecule has 18 heavy (non-hydrogen) atoms. The summed E-state index contributed by atoms with van der Waals surface area (Å²) >= 11 is 0. The molecule has 1 heterocycles.